The Hall–Kier alpha value is -1.54. The highest BCUT2D eigenvalue weighted by Crippen LogP contribution is 2.26. The van der Waals surface area contributed by atoms with Gasteiger partial charge in [0.1, 0.15) is 0 Å². The number of piperidine rings is 1. The molecule has 6 nitrogen and oxygen atoms in total. The second kappa shape index (κ2) is 7.57. The van der Waals surface area contributed by atoms with E-state index >= 15 is 0 Å². The Labute approximate surface area is 140 Å². The van der Waals surface area contributed by atoms with Gasteiger partial charge in [-0.05, 0) is 37.9 Å². The van der Waals surface area contributed by atoms with Gasteiger partial charge in [0.05, 0.1) is 0 Å². The van der Waals surface area contributed by atoms with E-state index in [-0.39, 0.29) is 30.0 Å². The summed E-state index contributed by atoms with van der Waals surface area (Å²) in [5, 5.41) is 13.3. The number of hydrogen-bond acceptors (Lipinski definition) is 4. The number of hydrogen-bond donors (Lipinski definition) is 1. The Morgan fingerprint density at radius 2 is 1.96 bits per heavy atom. The molecule has 0 aromatic carbocycles. The summed E-state index contributed by atoms with van der Waals surface area (Å²) in [6, 6.07) is 1.32. The molecule has 8 heteroatoms. The minimum absolute atomic E-state index is 0.0330. The van der Waals surface area contributed by atoms with Crippen molar-refractivity contribution in [2.75, 3.05) is 39.3 Å². The predicted octanol–water partition coefficient (Wildman–Crippen LogP) is 1.44. The fraction of sp³-hybridized carbons (Fsp3) is 0.750. The van der Waals surface area contributed by atoms with Crippen molar-refractivity contribution in [1.29, 1.82) is 0 Å². The minimum Gasteiger partial charge on any atom is -0.396 e. The topological polar surface area (TPSA) is 61.6 Å². The third-order valence-electron chi connectivity index (χ3n) is 5.07. The number of nitrogens with zero attached hydrogens (tertiary/aromatic N) is 4. The van der Waals surface area contributed by atoms with Crippen LogP contribution in [0.1, 0.15) is 36.3 Å². The molecule has 3 heterocycles. The molecule has 2 fully saturated rings. The van der Waals surface area contributed by atoms with Crippen LogP contribution in [0.25, 0.3) is 0 Å². The first-order valence-electron chi connectivity index (χ1n) is 8.54. The van der Waals surface area contributed by atoms with Crippen LogP contribution in [0, 0.1) is 11.8 Å². The highest BCUT2D eigenvalue weighted by atomic mass is 19.3. The summed E-state index contributed by atoms with van der Waals surface area (Å²) in [7, 11) is 0. The van der Waals surface area contributed by atoms with Gasteiger partial charge in [-0.2, -0.15) is 13.9 Å². The Kier molecular flexibility index (Phi) is 5.45. The molecular weight excluding hydrogens is 318 g/mol. The Morgan fingerprint density at radius 3 is 2.58 bits per heavy atom. The Morgan fingerprint density at radius 1 is 1.25 bits per heavy atom. The van der Waals surface area contributed by atoms with E-state index in [1.54, 1.807) is 4.90 Å². The van der Waals surface area contributed by atoms with E-state index in [0.29, 0.717) is 17.8 Å². The smallest absolute Gasteiger partial charge is 0.333 e. The zero-order valence-corrected chi connectivity index (χ0v) is 13.7. The lowest BCUT2D eigenvalue weighted by molar-refractivity contribution is 0.0553. The normalized spacial score (nSPS) is 25.6. The van der Waals surface area contributed by atoms with Crippen LogP contribution in [-0.2, 0) is 0 Å². The SMILES string of the molecule is O=C(c1ccn(C(F)F)n1)N1C[C@@H](CN2CCCCC2)[C@@H](CO)C1. The zero-order valence-electron chi connectivity index (χ0n) is 13.7. The summed E-state index contributed by atoms with van der Waals surface area (Å²) in [5.41, 5.74) is 0.0330. The van der Waals surface area contributed by atoms with E-state index in [1.165, 1.54) is 25.3 Å². The molecule has 2 atom stereocenters. The lowest BCUT2D eigenvalue weighted by atomic mass is 9.95. The largest absolute Gasteiger partial charge is 0.396 e. The summed E-state index contributed by atoms with van der Waals surface area (Å²) in [5.74, 6) is -0.0868. The van der Waals surface area contributed by atoms with Gasteiger partial charge in [-0.1, -0.05) is 6.42 Å². The predicted molar refractivity (Wildman–Crippen MR) is 83.7 cm³/mol. The third kappa shape index (κ3) is 3.75. The summed E-state index contributed by atoms with van der Waals surface area (Å²) in [6.45, 7) is 1.30. The maximum atomic E-state index is 12.6. The maximum absolute atomic E-state index is 12.6. The molecule has 134 valence electrons. The number of amides is 1. The van der Waals surface area contributed by atoms with E-state index in [0.717, 1.165) is 25.8 Å². The second-order valence-corrected chi connectivity index (χ2v) is 6.73. The average Bonchev–Trinajstić information content (AvgIpc) is 3.22. The van der Waals surface area contributed by atoms with Crippen molar-refractivity contribution in [2.24, 2.45) is 11.8 Å². The molecule has 2 aliphatic heterocycles. The Balaban J connectivity index is 1.62. The molecule has 0 radical (unpaired) electrons. The number of likely N-dealkylation sites (tertiary alicyclic amines) is 2. The van der Waals surface area contributed by atoms with Gasteiger partial charge in [0.25, 0.3) is 5.91 Å². The van der Waals surface area contributed by atoms with E-state index in [1.807, 2.05) is 0 Å². The van der Waals surface area contributed by atoms with Crippen molar-refractivity contribution < 1.29 is 18.7 Å². The van der Waals surface area contributed by atoms with Crippen molar-refractivity contribution in [3.05, 3.63) is 18.0 Å². The zero-order chi connectivity index (χ0) is 17.1. The van der Waals surface area contributed by atoms with Crippen molar-refractivity contribution in [3.8, 4) is 0 Å². The number of rotatable bonds is 5. The number of halogens is 2. The molecule has 0 aliphatic carbocycles. The molecule has 0 unspecified atom stereocenters. The van der Waals surface area contributed by atoms with Gasteiger partial charge >= 0.3 is 6.55 Å². The van der Waals surface area contributed by atoms with Crippen molar-refractivity contribution in [3.63, 3.8) is 0 Å². The quantitative estimate of drug-likeness (QED) is 0.880. The number of carbonyl (C=O) groups excluding carboxylic acids is 1. The van der Waals surface area contributed by atoms with Crippen molar-refractivity contribution in [2.45, 2.75) is 25.8 Å². The monoisotopic (exact) mass is 342 g/mol. The van der Waals surface area contributed by atoms with E-state index < -0.39 is 6.55 Å². The summed E-state index contributed by atoms with van der Waals surface area (Å²) < 4.78 is 25.7. The summed E-state index contributed by atoms with van der Waals surface area (Å²) in [6.07, 6.45) is 4.78. The minimum atomic E-state index is -2.75. The van der Waals surface area contributed by atoms with Crippen LogP contribution in [0.15, 0.2) is 12.3 Å². The summed E-state index contributed by atoms with van der Waals surface area (Å²) in [4.78, 5) is 16.5. The second-order valence-electron chi connectivity index (χ2n) is 6.73. The molecule has 3 rings (SSSR count). The highest BCUT2D eigenvalue weighted by molar-refractivity contribution is 5.92. The molecule has 2 saturated heterocycles. The number of alkyl halides is 2. The fourth-order valence-electron chi connectivity index (χ4n) is 3.71. The van der Waals surface area contributed by atoms with Crippen LogP contribution in [-0.4, -0.2) is 69.9 Å². The number of aliphatic hydroxyl groups is 1. The molecule has 0 saturated carbocycles. The molecule has 1 aromatic rings. The van der Waals surface area contributed by atoms with Gasteiger partial charge in [-0.15, -0.1) is 0 Å². The first-order chi connectivity index (χ1) is 11.6. The van der Waals surface area contributed by atoms with Gasteiger partial charge in [0.2, 0.25) is 0 Å². The molecule has 1 amide bonds. The third-order valence-corrected chi connectivity index (χ3v) is 5.07. The standard InChI is InChI=1S/C16H24F2N4O2/c17-16(18)22-7-4-14(19-22)15(24)21-9-12(13(10-21)11-23)8-20-5-2-1-3-6-20/h4,7,12-13,16,23H,1-3,5-6,8-11H2/t12-,13-/m1/s1. The number of aromatic nitrogens is 2. The van der Waals surface area contributed by atoms with Gasteiger partial charge < -0.3 is 14.9 Å². The van der Waals surface area contributed by atoms with E-state index in [4.69, 9.17) is 0 Å². The van der Waals surface area contributed by atoms with Crippen molar-refractivity contribution >= 4 is 5.91 Å². The lowest BCUT2D eigenvalue weighted by Gasteiger charge is -2.30. The van der Waals surface area contributed by atoms with E-state index in [9.17, 15) is 18.7 Å². The van der Waals surface area contributed by atoms with Crippen molar-refractivity contribution in [1.82, 2.24) is 19.6 Å². The molecule has 0 spiro atoms. The van der Waals surface area contributed by atoms with Crippen LogP contribution in [0.3, 0.4) is 0 Å². The van der Waals surface area contributed by atoms with Crippen LogP contribution in [0.2, 0.25) is 0 Å². The summed E-state index contributed by atoms with van der Waals surface area (Å²) >= 11 is 0. The van der Waals surface area contributed by atoms with Crippen LogP contribution in [0.4, 0.5) is 8.78 Å². The van der Waals surface area contributed by atoms with Gasteiger partial charge in [-0.3, -0.25) is 4.79 Å². The first-order valence-corrected chi connectivity index (χ1v) is 8.54. The van der Waals surface area contributed by atoms with Crippen LogP contribution in [0.5, 0.6) is 0 Å². The van der Waals surface area contributed by atoms with Gasteiger partial charge in [0.15, 0.2) is 5.69 Å². The molecule has 1 aromatic heterocycles. The maximum Gasteiger partial charge on any atom is 0.333 e. The van der Waals surface area contributed by atoms with Gasteiger partial charge in [0, 0.05) is 38.4 Å². The number of carbonyl (C=O) groups is 1. The lowest BCUT2D eigenvalue weighted by Crippen LogP contribution is -2.37. The molecular formula is C16H24F2N4O2. The fourth-order valence-corrected chi connectivity index (χ4v) is 3.71. The highest BCUT2D eigenvalue weighted by Gasteiger charge is 2.36. The molecule has 24 heavy (non-hydrogen) atoms. The molecule has 1 N–H and O–H groups in total. The van der Waals surface area contributed by atoms with Crippen LogP contribution >= 0.6 is 0 Å². The van der Waals surface area contributed by atoms with Crippen LogP contribution < -0.4 is 0 Å². The van der Waals surface area contributed by atoms with E-state index in [2.05, 4.69) is 10.00 Å². The number of aliphatic hydroxyl groups excluding tert-OH is 1. The molecule has 2 aliphatic rings. The first kappa shape index (κ1) is 17.3. The Bertz CT molecular complexity index is 560. The molecule has 0 bridgehead atoms. The average molecular weight is 342 g/mol. The van der Waals surface area contributed by atoms with Gasteiger partial charge in [-0.25, -0.2) is 4.68 Å².